The van der Waals surface area contributed by atoms with E-state index in [1.54, 1.807) is 4.90 Å². The van der Waals surface area contributed by atoms with Gasteiger partial charge in [-0.25, -0.2) is 18.4 Å². The molecule has 8 nitrogen and oxygen atoms in total. The molecule has 154 valence electrons. The average Bonchev–Trinajstić information content (AvgIpc) is 3.01. The summed E-state index contributed by atoms with van der Waals surface area (Å²) in [5.41, 5.74) is 1.71. The lowest BCUT2D eigenvalue weighted by Gasteiger charge is -2.26. The Labute approximate surface area is 169 Å². The number of rotatable bonds is 5. The van der Waals surface area contributed by atoms with Crippen LogP contribution in [-0.2, 0) is 26.0 Å². The van der Waals surface area contributed by atoms with E-state index >= 15 is 0 Å². The smallest absolute Gasteiger partial charge is 0.342 e. The van der Waals surface area contributed by atoms with Gasteiger partial charge in [0.15, 0.2) is 6.10 Å². The highest BCUT2D eigenvalue weighted by Gasteiger charge is 2.35. The molecule has 0 spiro atoms. The molecule has 0 fully saturated rings. The van der Waals surface area contributed by atoms with Crippen LogP contribution in [0.4, 0.5) is 5.69 Å². The second-order valence-electron chi connectivity index (χ2n) is 6.84. The van der Waals surface area contributed by atoms with Gasteiger partial charge in [-0.05, 0) is 50.1 Å². The topological polar surface area (TPSA) is 116 Å². The van der Waals surface area contributed by atoms with Gasteiger partial charge < -0.3 is 14.4 Å². The van der Waals surface area contributed by atoms with Gasteiger partial charge in [-0.2, -0.15) is 0 Å². The number of ether oxygens (including phenoxy) is 2. The number of carbonyl (C=O) groups is 2. The van der Waals surface area contributed by atoms with E-state index in [2.05, 4.69) is 0 Å². The maximum atomic E-state index is 13.0. The summed E-state index contributed by atoms with van der Waals surface area (Å²) in [6.07, 6.45) is -0.369. The van der Waals surface area contributed by atoms with E-state index in [1.807, 2.05) is 31.2 Å². The van der Waals surface area contributed by atoms with Crippen molar-refractivity contribution < 1.29 is 27.5 Å². The standard InChI is InChI=1S/C20H22N2O6S/c1-12-10-14-6-4-5-7-17(14)22(12)19(23)13(2)28-20(24)16-11-15(29(21,25)26)8-9-18(16)27-3/h4-9,11-13H,10H2,1-3H3,(H2,21,25,26)/t12-,13+/m1/s1. The molecule has 0 aromatic heterocycles. The first-order valence-corrected chi connectivity index (χ1v) is 10.5. The number of benzene rings is 2. The minimum atomic E-state index is -4.02. The van der Waals surface area contributed by atoms with E-state index < -0.39 is 22.1 Å². The van der Waals surface area contributed by atoms with Gasteiger partial charge in [0, 0.05) is 11.7 Å². The number of carbonyl (C=O) groups excluding carboxylic acids is 2. The highest BCUT2D eigenvalue weighted by Crippen LogP contribution is 2.32. The largest absolute Gasteiger partial charge is 0.496 e. The number of para-hydroxylation sites is 1. The number of anilines is 1. The van der Waals surface area contributed by atoms with E-state index in [0.29, 0.717) is 6.42 Å². The van der Waals surface area contributed by atoms with Gasteiger partial charge in [-0.3, -0.25) is 4.79 Å². The van der Waals surface area contributed by atoms with Crippen molar-refractivity contribution in [3.05, 3.63) is 53.6 Å². The number of methoxy groups -OCH3 is 1. The fourth-order valence-corrected chi connectivity index (χ4v) is 3.94. The number of hydrogen-bond donors (Lipinski definition) is 1. The molecule has 0 unspecified atom stereocenters. The first kappa shape index (κ1) is 20.8. The third-order valence-electron chi connectivity index (χ3n) is 4.80. The molecular weight excluding hydrogens is 396 g/mol. The molecule has 0 aliphatic carbocycles. The Morgan fingerprint density at radius 3 is 2.55 bits per heavy atom. The predicted octanol–water partition coefficient (Wildman–Crippen LogP) is 1.87. The molecule has 0 radical (unpaired) electrons. The molecule has 2 atom stereocenters. The quantitative estimate of drug-likeness (QED) is 0.741. The van der Waals surface area contributed by atoms with E-state index in [0.717, 1.165) is 17.3 Å². The van der Waals surface area contributed by atoms with Gasteiger partial charge in [-0.15, -0.1) is 0 Å². The van der Waals surface area contributed by atoms with Crippen molar-refractivity contribution >= 4 is 27.6 Å². The molecule has 1 heterocycles. The van der Waals surface area contributed by atoms with Crippen LogP contribution in [-0.4, -0.2) is 39.5 Å². The molecular formula is C20H22N2O6S. The number of amides is 1. The first-order valence-electron chi connectivity index (χ1n) is 8.96. The number of sulfonamides is 1. The summed E-state index contributed by atoms with van der Waals surface area (Å²) < 4.78 is 33.6. The summed E-state index contributed by atoms with van der Waals surface area (Å²) >= 11 is 0. The zero-order valence-corrected chi connectivity index (χ0v) is 17.1. The van der Waals surface area contributed by atoms with Crippen molar-refractivity contribution in [3.63, 3.8) is 0 Å². The Morgan fingerprint density at radius 1 is 1.21 bits per heavy atom. The third-order valence-corrected chi connectivity index (χ3v) is 5.71. The van der Waals surface area contributed by atoms with Crippen molar-refractivity contribution in [3.8, 4) is 5.75 Å². The van der Waals surface area contributed by atoms with Crippen molar-refractivity contribution in [2.75, 3.05) is 12.0 Å². The van der Waals surface area contributed by atoms with E-state index in [4.69, 9.17) is 14.6 Å². The molecule has 29 heavy (non-hydrogen) atoms. The Hall–Kier alpha value is -2.91. The highest BCUT2D eigenvalue weighted by atomic mass is 32.2. The molecule has 2 aromatic carbocycles. The number of hydrogen-bond acceptors (Lipinski definition) is 6. The molecule has 0 bridgehead atoms. The van der Waals surface area contributed by atoms with Crippen LogP contribution in [0.2, 0.25) is 0 Å². The van der Waals surface area contributed by atoms with Crippen LogP contribution in [0, 0.1) is 0 Å². The Balaban J connectivity index is 1.83. The zero-order chi connectivity index (χ0) is 21.3. The predicted molar refractivity (Wildman–Crippen MR) is 106 cm³/mol. The molecule has 3 rings (SSSR count). The van der Waals surface area contributed by atoms with Crippen molar-refractivity contribution in [2.45, 2.75) is 37.3 Å². The number of esters is 1. The SMILES string of the molecule is COc1ccc(S(N)(=O)=O)cc1C(=O)O[C@@H](C)C(=O)N1c2ccccc2C[C@H]1C. The summed E-state index contributed by atoms with van der Waals surface area (Å²) in [4.78, 5) is 27.0. The van der Waals surface area contributed by atoms with Crippen molar-refractivity contribution in [1.82, 2.24) is 0 Å². The maximum absolute atomic E-state index is 13.0. The summed E-state index contributed by atoms with van der Waals surface area (Å²) in [7, 11) is -2.69. The Morgan fingerprint density at radius 2 is 1.90 bits per heavy atom. The molecule has 9 heteroatoms. The van der Waals surface area contributed by atoms with Crippen molar-refractivity contribution in [2.24, 2.45) is 5.14 Å². The van der Waals surface area contributed by atoms with Crippen LogP contribution in [0.15, 0.2) is 47.4 Å². The van der Waals surface area contributed by atoms with Gasteiger partial charge >= 0.3 is 5.97 Å². The lowest BCUT2D eigenvalue weighted by molar-refractivity contribution is -0.126. The number of fused-ring (bicyclic) bond motifs is 1. The first-order chi connectivity index (χ1) is 13.6. The molecule has 1 amide bonds. The van der Waals surface area contributed by atoms with Crippen molar-refractivity contribution in [1.29, 1.82) is 0 Å². The monoisotopic (exact) mass is 418 g/mol. The van der Waals surface area contributed by atoms with Gasteiger partial charge in [-0.1, -0.05) is 18.2 Å². The molecule has 2 aromatic rings. The van der Waals surface area contributed by atoms with Crippen LogP contribution in [0.25, 0.3) is 0 Å². The molecule has 1 aliphatic heterocycles. The summed E-state index contributed by atoms with van der Waals surface area (Å²) in [5, 5.41) is 5.13. The van der Waals surface area contributed by atoms with Crippen LogP contribution >= 0.6 is 0 Å². The Bertz CT molecular complexity index is 1070. The van der Waals surface area contributed by atoms with Crippen LogP contribution < -0.4 is 14.8 Å². The van der Waals surface area contributed by atoms with Crippen LogP contribution in [0.1, 0.15) is 29.8 Å². The zero-order valence-electron chi connectivity index (χ0n) is 16.3. The minimum absolute atomic E-state index is 0.0682. The average molecular weight is 418 g/mol. The number of nitrogens with two attached hydrogens (primary N) is 1. The van der Waals surface area contributed by atoms with Gasteiger partial charge in [0.1, 0.15) is 11.3 Å². The third kappa shape index (κ3) is 4.10. The second kappa shape index (κ2) is 7.84. The summed E-state index contributed by atoms with van der Waals surface area (Å²) in [5.74, 6) is -1.13. The highest BCUT2D eigenvalue weighted by molar-refractivity contribution is 7.89. The lowest BCUT2D eigenvalue weighted by atomic mass is 10.1. The van der Waals surface area contributed by atoms with Crippen LogP contribution in [0.3, 0.4) is 0 Å². The van der Waals surface area contributed by atoms with E-state index in [-0.39, 0.29) is 28.2 Å². The van der Waals surface area contributed by atoms with E-state index in [9.17, 15) is 18.0 Å². The van der Waals surface area contributed by atoms with Gasteiger partial charge in [0.25, 0.3) is 5.91 Å². The van der Waals surface area contributed by atoms with Crippen LogP contribution in [0.5, 0.6) is 5.75 Å². The van der Waals surface area contributed by atoms with E-state index in [1.165, 1.54) is 26.2 Å². The van der Waals surface area contributed by atoms with Gasteiger partial charge in [0.2, 0.25) is 10.0 Å². The normalized spacial score (nSPS) is 16.8. The lowest BCUT2D eigenvalue weighted by Crippen LogP contribution is -2.43. The Kier molecular flexibility index (Phi) is 5.63. The minimum Gasteiger partial charge on any atom is -0.496 e. The fraction of sp³-hybridized carbons (Fsp3) is 0.300. The second-order valence-corrected chi connectivity index (χ2v) is 8.41. The maximum Gasteiger partial charge on any atom is 0.342 e. The summed E-state index contributed by atoms with van der Waals surface area (Å²) in [6, 6.07) is 11.1. The fourth-order valence-electron chi connectivity index (χ4n) is 3.40. The number of primary sulfonamides is 1. The molecule has 1 aliphatic rings. The molecule has 0 saturated heterocycles. The van der Waals surface area contributed by atoms with Gasteiger partial charge in [0.05, 0.1) is 12.0 Å². The summed E-state index contributed by atoms with van der Waals surface area (Å²) in [6.45, 7) is 3.40. The molecule has 0 saturated carbocycles. The number of nitrogens with zero attached hydrogens (tertiary/aromatic N) is 1. The molecule has 2 N–H and O–H groups in total.